The van der Waals surface area contributed by atoms with Gasteiger partial charge in [-0.15, -0.1) is 10.2 Å². The third-order valence-electron chi connectivity index (χ3n) is 3.12. The molecule has 0 aliphatic heterocycles. The summed E-state index contributed by atoms with van der Waals surface area (Å²) in [5.74, 6) is 0.154. The quantitative estimate of drug-likeness (QED) is 0.585. The number of benzene rings is 1. The number of nitrogens with one attached hydrogen (secondary N) is 1. The van der Waals surface area contributed by atoms with Gasteiger partial charge in [0.2, 0.25) is 5.82 Å². The minimum Gasteiger partial charge on any atom is -0.258 e. The average molecular weight is 318 g/mol. The number of non-ortho nitro benzene ring substituents is 1. The number of pyridine rings is 1. The molecule has 0 unspecified atom stereocenters. The standard InChI is InChI=1S/C13H8F2N6O2/c14-12(15)11-4-1-7(6-16-11)9-3-2-8(21(22)23)5-10(9)13-17-19-20-18-13/h1-6,12H,(H,17,18,19,20). The number of hydrogen-bond acceptors (Lipinski definition) is 6. The van der Waals surface area contributed by atoms with E-state index in [0.717, 1.165) is 0 Å². The molecule has 10 heteroatoms. The Balaban J connectivity index is 2.13. The summed E-state index contributed by atoms with van der Waals surface area (Å²) in [6, 6.07) is 6.74. The molecule has 116 valence electrons. The molecule has 2 aromatic heterocycles. The number of nitro groups is 1. The van der Waals surface area contributed by atoms with E-state index in [-0.39, 0.29) is 17.2 Å². The van der Waals surface area contributed by atoms with Crippen LogP contribution in [-0.4, -0.2) is 30.5 Å². The zero-order valence-electron chi connectivity index (χ0n) is 11.3. The topological polar surface area (TPSA) is 110 Å². The van der Waals surface area contributed by atoms with Crippen molar-refractivity contribution in [3.05, 3.63) is 52.3 Å². The predicted molar refractivity (Wildman–Crippen MR) is 74.5 cm³/mol. The van der Waals surface area contributed by atoms with Crippen molar-refractivity contribution in [2.24, 2.45) is 0 Å². The maximum absolute atomic E-state index is 12.6. The Morgan fingerprint density at radius 3 is 2.57 bits per heavy atom. The Morgan fingerprint density at radius 2 is 2.00 bits per heavy atom. The molecule has 23 heavy (non-hydrogen) atoms. The van der Waals surface area contributed by atoms with Crippen molar-refractivity contribution < 1.29 is 13.7 Å². The van der Waals surface area contributed by atoms with Gasteiger partial charge in [-0.3, -0.25) is 15.1 Å². The fourth-order valence-electron chi connectivity index (χ4n) is 2.05. The monoisotopic (exact) mass is 318 g/mol. The number of aromatic amines is 1. The molecule has 0 radical (unpaired) electrons. The van der Waals surface area contributed by atoms with E-state index in [1.165, 1.54) is 36.5 Å². The lowest BCUT2D eigenvalue weighted by Crippen LogP contribution is -1.94. The summed E-state index contributed by atoms with van der Waals surface area (Å²) in [6.07, 6.45) is -1.40. The molecule has 2 heterocycles. The van der Waals surface area contributed by atoms with Crippen LogP contribution in [0.5, 0.6) is 0 Å². The first-order valence-electron chi connectivity index (χ1n) is 6.33. The van der Waals surface area contributed by atoms with E-state index < -0.39 is 11.3 Å². The summed E-state index contributed by atoms with van der Waals surface area (Å²) >= 11 is 0. The highest BCUT2D eigenvalue weighted by atomic mass is 19.3. The molecule has 0 atom stereocenters. The number of alkyl halides is 2. The van der Waals surface area contributed by atoms with Crippen LogP contribution in [0.15, 0.2) is 36.5 Å². The van der Waals surface area contributed by atoms with E-state index in [1.807, 2.05) is 0 Å². The zero-order chi connectivity index (χ0) is 16.4. The molecule has 0 bridgehead atoms. The lowest BCUT2D eigenvalue weighted by molar-refractivity contribution is -0.384. The molecule has 1 aromatic carbocycles. The summed E-state index contributed by atoms with van der Waals surface area (Å²) < 4.78 is 25.2. The van der Waals surface area contributed by atoms with Crippen molar-refractivity contribution in [2.45, 2.75) is 6.43 Å². The predicted octanol–water partition coefficient (Wildman–Crippen LogP) is 2.77. The van der Waals surface area contributed by atoms with Gasteiger partial charge in [0.05, 0.1) is 4.92 Å². The number of H-pyrrole nitrogens is 1. The molecule has 0 aliphatic rings. The second-order valence-electron chi connectivity index (χ2n) is 4.49. The SMILES string of the molecule is O=[N+]([O-])c1ccc(-c2ccc(C(F)F)nc2)c(-c2nn[nH]n2)c1. The second-order valence-corrected chi connectivity index (χ2v) is 4.49. The maximum Gasteiger partial charge on any atom is 0.280 e. The molecular weight excluding hydrogens is 310 g/mol. The fraction of sp³-hybridized carbons (Fsp3) is 0.0769. The Morgan fingerprint density at radius 1 is 1.17 bits per heavy atom. The Labute approximate surface area is 127 Å². The van der Waals surface area contributed by atoms with E-state index in [9.17, 15) is 18.9 Å². The van der Waals surface area contributed by atoms with Crippen LogP contribution in [0, 0.1) is 10.1 Å². The Kier molecular flexibility index (Phi) is 3.71. The van der Waals surface area contributed by atoms with E-state index in [0.29, 0.717) is 16.7 Å². The molecule has 0 aliphatic carbocycles. The smallest absolute Gasteiger partial charge is 0.258 e. The third-order valence-corrected chi connectivity index (χ3v) is 3.12. The molecular formula is C13H8F2N6O2. The molecule has 0 spiro atoms. The number of nitrogens with zero attached hydrogens (tertiary/aromatic N) is 5. The fourth-order valence-corrected chi connectivity index (χ4v) is 2.05. The molecule has 3 rings (SSSR count). The van der Waals surface area contributed by atoms with Gasteiger partial charge in [0.25, 0.3) is 12.1 Å². The number of aromatic nitrogens is 5. The summed E-state index contributed by atoms with van der Waals surface area (Å²) in [7, 11) is 0. The van der Waals surface area contributed by atoms with Gasteiger partial charge in [0.1, 0.15) is 5.69 Å². The lowest BCUT2D eigenvalue weighted by atomic mass is 9.99. The van der Waals surface area contributed by atoms with E-state index in [2.05, 4.69) is 25.6 Å². The first-order valence-corrected chi connectivity index (χ1v) is 6.33. The highest BCUT2D eigenvalue weighted by molar-refractivity contribution is 5.81. The molecule has 8 nitrogen and oxygen atoms in total. The maximum atomic E-state index is 12.6. The van der Waals surface area contributed by atoms with Crippen LogP contribution in [0.3, 0.4) is 0 Å². The van der Waals surface area contributed by atoms with Crippen molar-refractivity contribution in [3.63, 3.8) is 0 Å². The first-order chi connectivity index (χ1) is 11.1. The molecule has 0 amide bonds. The van der Waals surface area contributed by atoms with Gasteiger partial charge in [0, 0.05) is 29.5 Å². The number of hydrogen-bond donors (Lipinski definition) is 1. The number of nitro benzene ring substituents is 1. The summed E-state index contributed by atoms with van der Waals surface area (Å²) in [5, 5.41) is 24.2. The van der Waals surface area contributed by atoms with Crippen LogP contribution >= 0.6 is 0 Å². The van der Waals surface area contributed by atoms with Gasteiger partial charge in [0.15, 0.2) is 0 Å². The Bertz CT molecular complexity index is 836. The largest absolute Gasteiger partial charge is 0.280 e. The van der Waals surface area contributed by atoms with Crippen LogP contribution in [-0.2, 0) is 0 Å². The zero-order valence-corrected chi connectivity index (χ0v) is 11.3. The van der Waals surface area contributed by atoms with Crippen molar-refractivity contribution in [3.8, 4) is 22.5 Å². The summed E-state index contributed by atoms with van der Waals surface area (Å²) in [6.45, 7) is 0. The highest BCUT2D eigenvalue weighted by Gasteiger charge is 2.17. The highest BCUT2D eigenvalue weighted by Crippen LogP contribution is 2.33. The molecule has 3 aromatic rings. The average Bonchev–Trinajstić information content (AvgIpc) is 3.08. The van der Waals surface area contributed by atoms with Crippen molar-refractivity contribution in [1.29, 1.82) is 0 Å². The van der Waals surface area contributed by atoms with E-state index >= 15 is 0 Å². The van der Waals surface area contributed by atoms with Crippen LogP contribution in [0.2, 0.25) is 0 Å². The van der Waals surface area contributed by atoms with Crippen LogP contribution in [0.4, 0.5) is 14.5 Å². The van der Waals surface area contributed by atoms with Gasteiger partial charge < -0.3 is 0 Å². The van der Waals surface area contributed by atoms with E-state index in [1.54, 1.807) is 0 Å². The van der Waals surface area contributed by atoms with Crippen molar-refractivity contribution >= 4 is 5.69 Å². The number of tetrazole rings is 1. The summed E-state index contributed by atoms with van der Waals surface area (Å²) in [5.41, 5.74) is 0.872. The van der Waals surface area contributed by atoms with E-state index in [4.69, 9.17) is 0 Å². The number of rotatable bonds is 4. The third kappa shape index (κ3) is 2.86. The lowest BCUT2D eigenvalue weighted by Gasteiger charge is -2.07. The van der Waals surface area contributed by atoms with Crippen LogP contribution in [0.25, 0.3) is 22.5 Å². The van der Waals surface area contributed by atoms with Gasteiger partial charge in [-0.05, 0) is 22.9 Å². The first kappa shape index (κ1) is 14.6. The minimum atomic E-state index is -2.67. The molecule has 0 fully saturated rings. The van der Waals surface area contributed by atoms with Crippen molar-refractivity contribution in [2.75, 3.05) is 0 Å². The van der Waals surface area contributed by atoms with Gasteiger partial charge >= 0.3 is 0 Å². The minimum absolute atomic E-state index is 0.147. The summed E-state index contributed by atoms with van der Waals surface area (Å²) in [4.78, 5) is 14.1. The van der Waals surface area contributed by atoms with Crippen LogP contribution < -0.4 is 0 Å². The van der Waals surface area contributed by atoms with Crippen LogP contribution in [0.1, 0.15) is 12.1 Å². The van der Waals surface area contributed by atoms with Crippen molar-refractivity contribution in [1.82, 2.24) is 25.6 Å². The second kappa shape index (κ2) is 5.83. The van der Waals surface area contributed by atoms with Gasteiger partial charge in [-0.25, -0.2) is 8.78 Å². The normalized spacial score (nSPS) is 10.9. The molecule has 0 saturated heterocycles. The van der Waals surface area contributed by atoms with Gasteiger partial charge in [-0.2, -0.15) is 5.21 Å². The molecule has 1 N–H and O–H groups in total. The number of halogens is 2. The van der Waals surface area contributed by atoms with Gasteiger partial charge in [-0.1, -0.05) is 6.07 Å². The molecule has 0 saturated carbocycles. The Hall–Kier alpha value is -3.30.